The minimum atomic E-state index is -0.543. The molecule has 1 heterocycles. The van der Waals surface area contributed by atoms with E-state index in [0.29, 0.717) is 13.0 Å². The number of imide groups is 1. The normalized spacial score (nSPS) is 16.0. The van der Waals surface area contributed by atoms with Crippen molar-refractivity contribution in [3.05, 3.63) is 28.8 Å². The van der Waals surface area contributed by atoms with Crippen molar-refractivity contribution in [2.45, 2.75) is 84.5 Å². The summed E-state index contributed by atoms with van der Waals surface area (Å²) < 4.78 is 10.9. The van der Waals surface area contributed by atoms with Crippen molar-refractivity contribution >= 4 is 12.0 Å². The van der Waals surface area contributed by atoms with Gasteiger partial charge in [-0.2, -0.15) is 0 Å². The third-order valence-electron chi connectivity index (χ3n) is 5.56. The molecule has 2 amide bonds. The Morgan fingerprint density at radius 1 is 1.17 bits per heavy atom. The van der Waals surface area contributed by atoms with Crippen molar-refractivity contribution < 1.29 is 19.1 Å². The lowest BCUT2D eigenvalue weighted by atomic mass is 9.74. The Bertz CT molecular complexity index is 755. The molecule has 0 N–H and O–H groups in total. The molecule has 1 aromatic carbocycles. The lowest BCUT2D eigenvalue weighted by molar-refractivity contribution is -0.129. The van der Waals surface area contributed by atoms with Gasteiger partial charge in [-0.25, -0.2) is 9.69 Å². The molecule has 1 aliphatic heterocycles. The lowest BCUT2D eigenvalue weighted by Crippen LogP contribution is -2.37. The number of cyclic esters (lactones) is 1. The molecule has 5 nitrogen and oxygen atoms in total. The van der Waals surface area contributed by atoms with Gasteiger partial charge in [-0.3, -0.25) is 4.79 Å². The maximum absolute atomic E-state index is 13.5. The summed E-state index contributed by atoms with van der Waals surface area (Å²) >= 11 is 0. The Morgan fingerprint density at radius 2 is 1.83 bits per heavy atom. The van der Waals surface area contributed by atoms with Crippen molar-refractivity contribution in [2.75, 3.05) is 20.3 Å². The predicted octanol–water partition coefficient (Wildman–Crippen LogP) is 5.54. The molecule has 2 rings (SSSR count). The number of unbranched alkanes of at least 4 members (excludes halogenated alkanes) is 1. The molecule has 1 fully saturated rings. The van der Waals surface area contributed by atoms with Crippen molar-refractivity contribution in [3.63, 3.8) is 0 Å². The van der Waals surface area contributed by atoms with Crippen LogP contribution in [0.15, 0.2) is 12.1 Å². The number of amides is 2. The van der Waals surface area contributed by atoms with E-state index in [1.54, 1.807) is 7.11 Å². The second-order valence-corrected chi connectivity index (χ2v) is 9.94. The number of rotatable bonds is 6. The molecular formula is C24H37NO4. The summed E-state index contributed by atoms with van der Waals surface area (Å²) in [7, 11) is 1.66. The van der Waals surface area contributed by atoms with Gasteiger partial charge in [-0.15, -0.1) is 0 Å². The highest BCUT2D eigenvalue weighted by molar-refractivity contribution is 5.97. The molecule has 1 aliphatic rings. The lowest BCUT2D eigenvalue weighted by Gasteiger charge is -2.32. The SMILES string of the molecule is CCCCC(C(=O)N1CCOC1=O)c1c(OC)cc(C(C)(C)C)cc1C(C)(C)C. The number of methoxy groups -OCH3 is 1. The predicted molar refractivity (Wildman–Crippen MR) is 116 cm³/mol. The van der Waals surface area contributed by atoms with E-state index in [9.17, 15) is 9.59 Å². The van der Waals surface area contributed by atoms with Gasteiger partial charge in [-0.1, -0.05) is 67.4 Å². The molecule has 29 heavy (non-hydrogen) atoms. The van der Waals surface area contributed by atoms with Gasteiger partial charge in [0, 0.05) is 5.56 Å². The zero-order valence-electron chi connectivity index (χ0n) is 19.3. The number of carbonyl (C=O) groups is 2. The van der Waals surface area contributed by atoms with Crippen LogP contribution >= 0.6 is 0 Å². The van der Waals surface area contributed by atoms with Crippen molar-refractivity contribution in [3.8, 4) is 5.75 Å². The first kappa shape index (κ1) is 23.2. The van der Waals surface area contributed by atoms with E-state index in [1.807, 2.05) is 0 Å². The number of carbonyl (C=O) groups excluding carboxylic acids is 2. The van der Waals surface area contributed by atoms with Gasteiger partial charge in [0.15, 0.2) is 0 Å². The van der Waals surface area contributed by atoms with E-state index in [4.69, 9.17) is 9.47 Å². The molecule has 1 saturated heterocycles. The second-order valence-electron chi connectivity index (χ2n) is 9.94. The molecule has 0 radical (unpaired) electrons. The summed E-state index contributed by atoms with van der Waals surface area (Å²) in [4.78, 5) is 26.8. The number of ether oxygens (including phenoxy) is 2. The Kier molecular flexibility index (Phi) is 7.02. The standard InChI is InChI=1S/C24H37NO4/c1-9-10-11-17(21(26)25-12-13-29-22(25)27)20-18(24(5,6)7)14-16(23(2,3)4)15-19(20)28-8/h14-15,17H,9-13H2,1-8H3. The Labute approximate surface area is 175 Å². The minimum absolute atomic E-state index is 0.0481. The van der Waals surface area contributed by atoms with Crippen LogP contribution in [0.4, 0.5) is 4.79 Å². The third kappa shape index (κ3) is 5.12. The summed E-state index contributed by atoms with van der Waals surface area (Å²) in [6.07, 6.45) is 2.00. The number of nitrogens with zero attached hydrogens (tertiary/aromatic N) is 1. The number of benzene rings is 1. The maximum atomic E-state index is 13.5. The monoisotopic (exact) mass is 403 g/mol. The molecule has 1 atom stereocenters. The van der Waals surface area contributed by atoms with Gasteiger partial charge in [0.1, 0.15) is 12.4 Å². The molecule has 0 saturated carbocycles. The highest BCUT2D eigenvalue weighted by Crippen LogP contribution is 2.43. The Hall–Kier alpha value is -2.04. The van der Waals surface area contributed by atoms with Crippen molar-refractivity contribution in [2.24, 2.45) is 0 Å². The fourth-order valence-electron chi connectivity index (χ4n) is 3.79. The number of hydrogen-bond donors (Lipinski definition) is 0. The largest absolute Gasteiger partial charge is 0.496 e. The van der Waals surface area contributed by atoms with Crippen molar-refractivity contribution in [1.29, 1.82) is 0 Å². The average molecular weight is 404 g/mol. The van der Waals surface area contributed by atoms with Crippen LogP contribution in [0.2, 0.25) is 0 Å². The first-order valence-electron chi connectivity index (χ1n) is 10.6. The van der Waals surface area contributed by atoms with Crippen LogP contribution in [-0.2, 0) is 20.4 Å². The molecule has 5 heteroatoms. The molecular weight excluding hydrogens is 366 g/mol. The third-order valence-corrected chi connectivity index (χ3v) is 5.56. The van der Waals surface area contributed by atoms with Gasteiger partial charge >= 0.3 is 6.09 Å². The van der Waals surface area contributed by atoms with Gasteiger partial charge in [0.2, 0.25) is 5.91 Å². The van der Waals surface area contributed by atoms with Crippen LogP contribution in [0, 0.1) is 0 Å². The molecule has 0 aliphatic carbocycles. The Morgan fingerprint density at radius 3 is 2.28 bits per heavy atom. The maximum Gasteiger partial charge on any atom is 0.416 e. The molecule has 0 spiro atoms. The smallest absolute Gasteiger partial charge is 0.416 e. The highest BCUT2D eigenvalue weighted by Gasteiger charge is 2.38. The summed E-state index contributed by atoms with van der Waals surface area (Å²) in [5.74, 6) is 0.108. The van der Waals surface area contributed by atoms with E-state index in [1.165, 1.54) is 10.5 Å². The summed E-state index contributed by atoms with van der Waals surface area (Å²) in [6.45, 7) is 15.7. The van der Waals surface area contributed by atoms with Gasteiger partial charge < -0.3 is 9.47 Å². The first-order chi connectivity index (χ1) is 13.4. The van der Waals surface area contributed by atoms with Crippen LogP contribution in [0.5, 0.6) is 5.75 Å². The van der Waals surface area contributed by atoms with E-state index >= 15 is 0 Å². The summed E-state index contributed by atoms with van der Waals surface area (Å²) in [6, 6.07) is 4.27. The van der Waals surface area contributed by atoms with E-state index in [0.717, 1.165) is 29.7 Å². The average Bonchev–Trinajstić information content (AvgIpc) is 3.05. The fourth-order valence-corrected chi connectivity index (χ4v) is 3.79. The van der Waals surface area contributed by atoms with E-state index < -0.39 is 12.0 Å². The molecule has 0 aromatic heterocycles. The number of hydrogen-bond acceptors (Lipinski definition) is 4. The van der Waals surface area contributed by atoms with Crippen LogP contribution in [0.1, 0.15) is 90.3 Å². The zero-order chi connectivity index (χ0) is 22.0. The van der Waals surface area contributed by atoms with E-state index in [2.05, 4.69) is 60.6 Å². The van der Waals surface area contributed by atoms with Gasteiger partial charge in [0.25, 0.3) is 0 Å². The van der Waals surface area contributed by atoms with Gasteiger partial charge in [-0.05, 0) is 34.4 Å². The zero-order valence-corrected chi connectivity index (χ0v) is 19.3. The van der Waals surface area contributed by atoms with Crippen LogP contribution in [-0.4, -0.2) is 37.2 Å². The quantitative estimate of drug-likeness (QED) is 0.625. The second kappa shape index (κ2) is 8.76. The van der Waals surface area contributed by atoms with Crippen LogP contribution in [0.3, 0.4) is 0 Å². The summed E-state index contributed by atoms with van der Waals surface area (Å²) in [5.41, 5.74) is 2.95. The molecule has 0 bridgehead atoms. The van der Waals surface area contributed by atoms with Crippen molar-refractivity contribution in [1.82, 2.24) is 4.90 Å². The first-order valence-corrected chi connectivity index (χ1v) is 10.6. The molecule has 1 unspecified atom stereocenters. The molecule has 162 valence electrons. The van der Waals surface area contributed by atoms with Crippen LogP contribution in [0.25, 0.3) is 0 Å². The topological polar surface area (TPSA) is 55.8 Å². The minimum Gasteiger partial charge on any atom is -0.496 e. The molecule has 1 aromatic rings. The fraction of sp³-hybridized carbons (Fsp3) is 0.667. The Balaban J connectivity index is 2.70. The van der Waals surface area contributed by atoms with E-state index in [-0.39, 0.29) is 23.3 Å². The summed E-state index contributed by atoms with van der Waals surface area (Å²) in [5, 5.41) is 0. The van der Waals surface area contributed by atoms with Crippen LogP contribution < -0.4 is 4.74 Å². The highest BCUT2D eigenvalue weighted by atomic mass is 16.6. The van der Waals surface area contributed by atoms with Gasteiger partial charge in [0.05, 0.1) is 19.6 Å².